The van der Waals surface area contributed by atoms with Gasteiger partial charge in [-0.2, -0.15) is 5.26 Å². The Labute approximate surface area is 67.4 Å². The Bertz CT molecular complexity index is 156. The summed E-state index contributed by atoms with van der Waals surface area (Å²) in [6.07, 6.45) is 2.84. The van der Waals surface area contributed by atoms with Gasteiger partial charge >= 0.3 is 0 Å². The van der Waals surface area contributed by atoms with Crippen LogP contribution in [0.5, 0.6) is 0 Å². The summed E-state index contributed by atoms with van der Waals surface area (Å²) < 4.78 is 0.780. The van der Waals surface area contributed by atoms with E-state index in [9.17, 15) is 0 Å². The van der Waals surface area contributed by atoms with Gasteiger partial charge in [0.2, 0.25) is 0 Å². The minimum absolute atomic E-state index is 0.292. The number of nitrogens with one attached hydrogen (secondary N) is 2. The minimum atomic E-state index is 0.292. The largest absolute Gasteiger partial charge is 0.377 e. The number of nitrogens with zero attached hydrogens (tertiary/aromatic N) is 1. The third kappa shape index (κ3) is 5.30. The molecule has 2 N–H and O–H groups in total. The first-order valence-electron chi connectivity index (χ1n) is 2.27. The smallest absolute Gasteiger partial charge is 0.102 e. The Kier molecular flexibility index (Phi) is 5.21. The molecule has 0 unspecified atom stereocenters. The number of allylic oxidation sites excluding steroid dienone is 1. The molecule has 0 bridgehead atoms. The molecule has 3 nitrogen and oxygen atoms in total. The minimum Gasteiger partial charge on any atom is -0.377 e. The molecule has 48 valence electrons. The Balaban J connectivity index is 3.46. The Morgan fingerprint density at radius 2 is 2.56 bits per heavy atom. The fourth-order valence-electron chi connectivity index (χ4n) is 0.236. The molecule has 0 rings (SSSR count). The zero-order valence-corrected chi connectivity index (χ0v) is 6.84. The molecule has 9 heavy (non-hydrogen) atoms. The van der Waals surface area contributed by atoms with Crippen molar-refractivity contribution in [3.8, 4) is 6.07 Å². The molecule has 0 amide bonds. The average Bonchev–Trinajstić information content (AvgIpc) is 1.89. The van der Waals surface area contributed by atoms with Crippen LogP contribution in [0.1, 0.15) is 0 Å². The van der Waals surface area contributed by atoms with Crippen LogP contribution in [-0.4, -0.2) is 12.8 Å². The predicted molar refractivity (Wildman–Crippen MR) is 44.5 cm³/mol. The molecule has 0 aliphatic carbocycles. The summed E-state index contributed by atoms with van der Waals surface area (Å²) in [4.78, 5) is 0. The molecule has 0 saturated heterocycles. The molecule has 0 fully saturated rings. The Hall–Kier alpha value is -0.570. The molecule has 0 aromatic heterocycles. The van der Waals surface area contributed by atoms with Gasteiger partial charge in [-0.15, -0.1) is 0 Å². The van der Waals surface area contributed by atoms with E-state index in [1.54, 1.807) is 6.20 Å². The molecule has 0 radical (unpaired) electrons. The van der Waals surface area contributed by atoms with E-state index >= 15 is 0 Å². The van der Waals surface area contributed by atoms with Gasteiger partial charge in [-0.3, -0.25) is 0 Å². The first-order valence-corrected chi connectivity index (χ1v) is 3.35. The normalized spacial score (nSPS) is 10.0. The molecule has 4 heteroatoms. The highest BCUT2D eigenvalue weighted by Crippen LogP contribution is 1.97. The second-order valence-corrected chi connectivity index (χ2v) is 2.46. The van der Waals surface area contributed by atoms with Crippen LogP contribution in [0.4, 0.5) is 0 Å². The van der Waals surface area contributed by atoms with Gasteiger partial charge in [-0.25, -0.2) is 0 Å². The Morgan fingerprint density at radius 3 is 3.00 bits per heavy atom. The van der Waals surface area contributed by atoms with E-state index in [0.29, 0.717) is 6.54 Å². The van der Waals surface area contributed by atoms with Gasteiger partial charge in [0, 0.05) is 16.0 Å². The highest BCUT2D eigenvalue weighted by atomic mass is 127. The fraction of sp³-hybridized carbons (Fsp3) is 0.200. The van der Waals surface area contributed by atoms with Gasteiger partial charge in [0.25, 0.3) is 0 Å². The van der Waals surface area contributed by atoms with Gasteiger partial charge in [0.05, 0.1) is 6.07 Å². The molecular weight excluding hydrogens is 229 g/mol. The van der Waals surface area contributed by atoms with E-state index in [4.69, 9.17) is 10.7 Å². The quantitative estimate of drug-likeness (QED) is 0.332. The van der Waals surface area contributed by atoms with Crippen LogP contribution >= 0.6 is 22.6 Å². The van der Waals surface area contributed by atoms with Crippen LogP contribution in [-0.2, 0) is 0 Å². The fourth-order valence-corrected chi connectivity index (χ4v) is 0.456. The molecule has 0 aromatic carbocycles. The van der Waals surface area contributed by atoms with Crippen molar-refractivity contribution < 1.29 is 0 Å². The van der Waals surface area contributed by atoms with Crippen LogP contribution in [0.15, 0.2) is 9.78 Å². The van der Waals surface area contributed by atoms with Crippen LogP contribution in [0.25, 0.3) is 0 Å². The van der Waals surface area contributed by atoms with Gasteiger partial charge < -0.3 is 10.7 Å². The third-order valence-electron chi connectivity index (χ3n) is 0.559. The summed E-state index contributed by atoms with van der Waals surface area (Å²) in [7, 11) is 0. The van der Waals surface area contributed by atoms with Gasteiger partial charge in [-0.05, 0) is 22.6 Å². The van der Waals surface area contributed by atoms with Gasteiger partial charge in [0.1, 0.15) is 6.54 Å². The van der Waals surface area contributed by atoms with Crippen LogP contribution in [0.3, 0.4) is 0 Å². The molecule has 0 aliphatic rings. The highest BCUT2D eigenvalue weighted by Gasteiger charge is 1.79. The van der Waals surface area contributed by atoms with Crippen LogP contribution in [0.2, 0.25) is 0 Å². The molecule has 0 spiro atoms. The van der Waals surface area contributed by atoms with Crippen molar-refractivity contribution in [2.45, 2.75) is 0 Å². The first kappa shape index (κ1) is 8.43. The second kappa shape index (κ2) is 5.56. The van der Waals surface area contributed by atoms with Crippen molar-refractivity contribution in [2.75, 3.05) is 6.54 Å². The van der Waals surface area contributed by atoms with E-state index in [0.717, 1.165) is 3.58 Å². The number of hydrogen-bond acceptors (Lipinski definition) is 3. The monoisotopic (exact) mass is 235 g/mol. The summed E-state index contributed by atoms with van der Waals surface area (Å²) in [6, 6.07) is 1.91. The van der Waals surface area contributed by atoms with E-state index in [-0.39, 0.29) is 0 Å². The van der Waals surface area contributed by atoms with Crippen molar-refractivity contribution in [3.63, 3.8) is 0 Å². The maximum atomic E-state index is 8.05. The summed E-state index contributed by atoms with van der Waals surface area (Å²) in [5.41, 5.74) is 0. The third-order valence-corrected chi connectivity index (χ3v) is 1.18. The number of halogens is 1. The zero-order chi connectivity index (χ0) is 7.11. The van der Waals surface area contributed by atoms with E-state index in [2.05, 4.69) is 5.32 Å². The van der Waals surface area contributed by atoms with Crippen molar-refractivity contribution >= 4 is 28.8 Å². The van der Waals surface area contributed by atoms with Crippen molar-refractivity contribution in [1.82, 2.24) is 5.32 Å². The zero-order valence-electron chi connectivity index (χ0n) is 4.69. The maximum Gasteiger partial charge on any atom is 0.102 e. The molecule has 0 saturated carbocycles. The summed E-state index contributed by atoms with van der Waals surface area (Å²) >= 11 is 1.99. The number of hydrogen-bond donors (Lipinski definition) is 2. The number of rotatable bonds is 3. The summed E-state index contributed by atoms with van der Waals surface area (Å²) in [6.45, 7) is 0.292. The topological polar surface area (TPSA) is 59.7 Å². The standard InChI is InChI=1S/C5H6IN3/c6-5(3-8)4-9-2-1-7/h3-4,8-9H,2H2/b5-4+,8-3?. The van der Waals surface area contributed by atoms with Gasteiger partial charge in [0.15, 0.2) is 0 Å². The summed E-state index contributed by atoms with van der Waals surface area (Å²) in [5.74, 6) is 0. The summed E-state index contributed by atoms with van der Waals surface area (Å²) in [5, 5.41) is 17.5. The van der Waals surface area contributed by atoms with Crippen molar-refractivity contribution in [3.05, 3.63) is 9.78 Å². The lowest BCUT2D eigenvalue weighted by Crippen LogP contribution is -2.04. The maximum absolute atomic E-state index is 8.05. The number of nitriles is 1. The van der Waals surface area contributed by atoms with Crippen LogP contribution < -0.4 is 5.32 Å². The highest BCUT2D eigenvalue weighted by molar-refractivity contribution is 14.1. The second-order valence-electron chi connectivity index (χ2n) is 1.21. The van der Waals surface area contributed by atoms with E-state index in [1.807, 2.05) is 28.7 Å². The average molecular weight is 235 g/mol. The molecule has 0 atom stereocenters. The molecule has 0 aromatic rings. The molecule has 0 heterocycles. The van der Waals surface area contributed by atoms with Gasteiger partial charge in [-0.1, -0.05) is 0 Å². The van der Waals surface area contributed by atoms with Crippen molar-refractivity contribution in [1.29, 1.82) is 10.7 Å². The predicted octanol–water partition coefficient (Wildman–Crippen LogP) is 1.03. The van der Waals surface area contributed by atoms with Crippen molar-refractivity contribution in [2.24, 2.45) is 0 Å². The molecule has 0 aliphatic heterocycles. The first-order chi connectivity index (χ1) is 4.31. The van der Waals surface area contributed by atoms with Crippen LogP contribution in [0, 0.1) is 16.7 Å². The lowest BCUT2D eigenvalue weighted by Gasteiger charge is -1.88. The van der Waals surface area contributed by atoms with E-state index in [1.165, 1.54) is 6.21 Å². The Morgan fingerprint density at radius 1 is 1.89 bits per heavy atom. The lowest BCUT2D eigenvalue weighted by atomic mass is 10.6. The lowest BCUT2D eigenvalue weighted by molar-refractivity contribution is 0.995. The van der Waals surface area contributed by atoms with E-state index < -0.39 is 0 Å². The SMILES string of the molecule is N#CCN/C=C(/I)C=N. The molecular formula is C5H6IN3.